The maximum absolute atomic E-state index is 13.3. The first kappa shape index (κ1) is 22.1. The Balaban J connectivity index is 1.55. The smallest absolute Gasteiger partial charge is 0.257 e. The molecule has 0 aliphatic rings. The van der Waals surface area contributed by atoms with Gasteiger partial charge in [0.05, 0.1) is 24.4 Å². The number of hydrogen-bond acceptors (Lipinski definition) is 6. The fourth-order valence-corrected chi connectivity index (χ4v) is 3.88. The quantitative estimate of drug-likeness (QED) is 0.365. The molecule has 0 aliphatic heterocycles. The normalized spacial score (nSPS) is 11.4. The molecule has 1 amide bonds. The van der Waals surface area contributed by atoms with Gasteiger partial charge in [-0.15, -0.1) is 0 Å². The third kappa shape index (κ3) is 4.41. The summed E-state index contributed by atoms with van der Waals surface area (Å²) in [7, 11) is 1.61. The third-order valence-corrected chi connectivity index (χ3v) is 5.68. The maximum atomic E-state index is 13.3. The van der Waals surface area contributed by atoms with Crippen LogP contribution >= 0.6 is 0 Å². The van der Waals surface area contributed by atoms with Crippen LogP contribution < -0.4 is 15.8 Å². The van der Waals surface area contributed by atoms with Gasteiger partial charge >= 0.3 is 0 Å². The van der Waals surface area contributed by atoms with Crippen molar-refractivity contribution < 1.29 is 9.53 Å². The predicted molar refractivity (Wildman–Crippen MR) is 138 cm³/mol. The zero-order chi connectivity index (χ0) is 24.4. The summed E-state index contributed by atoms with van der Waals surface area (Å²) < 4.78 is 6.66. The fourth-order valence-electron chi connectivity index (χ4n) is 3.88. The van der Waals surface area contributed by atoms with Gasteiger partial charge in [-0.3, -0.25) is 4.79 Å². The Morgan fingerprint density at radius 2 is 1.80 bits per heavy atom. The Labute approximate surface area is 202 Å². The van der Waals surface area contributed by atoms with Crippen LogP contribution in [0.4, 0.5) is 5.82 Å². The summed E-state index contributed by atoms with van der Waals surface area (Å²) in [5, 5.41) is 7.50. The number of hydrogen-bond donors (Lipinski definition) is 2. The van der Waals surface area contributed by atoms with Gasteiger partial charge in [-0.2, -0.15) is 9.78 Å². The number of nitrogens with zero attached hydrogens (tertiary/aromatic N) is 4. The van der Waals surface area contributed by atoms with Crippen molar-refractivity contribution in [3.05, 3.63) is 95.1 Å². The Morgan fingerprint density at radius 1 is 1.06 bits per heavy atom. The number of anilines is 1. The van der Waals surface area contributed by atoms with Gasteiger partial charge in [0.2, 0.25) is 0 Å². The second kappa shape index (κ2) is 9.26. The number of carbonyl (C=O) groups is 1. The number of ether oxygens (including phenoxy) is 1. The topological polar surface area (TPSA) is 107 Å². The standard InChI is InChI=1S/C27H24N6O2/c1-17-6-5-7-19(14-17)16-30-33-25(28)23(24-26(33)32-22-9-4-3-8-21(22)31-24)27(34)29-15-18-10-12-20(35-2)13-11-18/h3-14,16H,15,28H2,1-2H3,(H,29,34). The minimum Gasteiger partial charge on any atom is -0.497 e. The van der Waals surface area contributed by atoms with Crippen molar-refractivity contribution in [1.82, 2.24) is 20.0 Å². The molecule has 2 aromatic heterocycles. The lowest BCUT2D eigenvalue weighted by Gasteiger charge is -2.06. The highest BCUT2D eigenvalue weighted by molar-refractivity contribution is 6.10. The molecule has 3 aromatic carbocycles. The zero-order valence-electron chi connectivity index (χ0n) is 19.4. The van der Waals surface area contributed by atoms with E-state index in [-0.39, 0.29) is 17.3 Å². The number of para-hydroxylation sites is 2. The van der Waals surface area contributed by atoms with Crippen molar-refractivity contribution in [3.63, 3.8) is 0 Å². The predicted octanol–water partition coefficient (Wildman–Crippen LogP) is 4.30. The molecular formula is C27H24N6O2. The Kier molecular flexibility index (Phi) is 5.85. The lowest BCUT2D eigenvalue weighted by molar-refractivity contribution is 0.0953. The van der Waals surface area contributed by atoms with Crippen molar-refractivity contribution in [1.29, 1.82) is 0 Å². The van der Waals surface area contributed by atoms with E-state index in [1.54, 1.807) is 13.3 Å². The van der Waals surface area contributed by atoms with Gasteiger partial charge in [-0.25, -0.2) is 9.97 Å². The number of aromatic nitrogens is 3. The minimum atomic E-state index is -0.350. The number of aryl methyl sites for hydroxylation is 1. The molecule has 2 heterocycles. The van der Waals surface area contributed by atoms with Crippen LogP contribution in [0.1, 0.15) is 27.0 Å². The highest BCUT2D eigenvalue weighted by Gasteiger charge is 2.24. The van der Waals surface area contributed by atoms with E-state index in [1.807, 2.05) is 79.7 Å². The Hall–Kier alpha value is -4.72. The third-order valence-electron chi connectivity index (χ3n) is 5.68. The summed E-state index contributed by atoms with van der Waals surface area (Å²) >= 11 is 0. The van der Waals surface area contributed by atoms with Crippen molar-refractivity contribution in [3.8, 4) is 5.75 Å². The molecule has 35 heavy (non-hydrogen) atoms. The number of nitrogens with one attached hydrogen (secondary N) is 1. The van der Waals surface area contributed by atoms with Crippen LogP contribution in [0.25, 0.3) is 22.2 Å². The summed E-state index contributed by atoms with van der Waals surface area (Å²) in [6.45, 7) is 2.34. The van der Waals surface area contributed by atoms with Gasteiger partial charge < -0.3 is 15.8 Å². The molecule has 0 bridgehead atoms. The molecular weight excluding hydrogens is 440 g/mol. The maximum Gasteiger partial charge on any atom is 0.257 e. The largest absolute Gasteiger partial charge is 0.497 e. The van der Waals surface area contributed by atoms with Crippen LogP contribution in [0.5, 0.6) is 5.75 Å². The first-order chi connectivity index (χ1) is 17.0. The van der Waals surface area contributed by atoms with E-state index in [9.17, 15) is 4.79 Å². The monoisotopic (exact) mass is 464 g/mol. The SMILES string of the molecule is COc1ccc(CNC(=O)c2c(N)n(N=Cc3cccc(C)c3)c3nc4ccccc4nc23)cc1. The van der Waals surface area contributed by atoms with E-state index in [0.29, 0.717) is 28.7 Å². The number of rotatable bonds is 6. The molecule has 0 unspecified atom stereocenters. The molecule has 5 rings (SSSR count). The molecule has 3 N–H and O–H groups in total. The van der Waals surface area contributed by atoms with E-state index in [0.717, 1.165) is 22.4 Å². The number of carbonyl (C=O) groups excluding carboxylic acids is 1. The van der Waals surface area contributed by atoms with E-state index >= 15 is 0 Å². The van der Waals surface area contributed by atoms with Gasteiger partial charge in [-0.05, 0) is 42.3 Å². The molecule has 174 valence electrons. The Morgan fingerprint density at radius 3 is 2.51 bits per heavy atom. The van der Waals surface area contributed by atoms with Gasteiger partial charge in [0, 0.05) is 6.54 Å². The molecule has 5 aromatic rings. The van der Waals surface area contributed by atoms with Crippen molar-refractivity contribution in [2.24, 2.45) is 5.10 Å². The molecule has 0 saturated heterocycles. The summed E-state index contributed by atoms with van der Waals surface area (Å²) in [4.78, 5) is 22.7. The van der Waals surface area contributed by atoms with Crippen LogP contribution in [-0.4, -0.2) is 33.9 Å². The van der Waals surface area contributed by atoms with E-state index in [2.05, 4.69) is 10.4 Å². The molecule has 8 heteroatoms. The van der Waals surface area contributed by atoms with Gasteiger partial charge in [-0.1, -0.05) is 54.1 Å². The lowest BCUT2D eigenvalue weighted by Crippen LogP contribution is -2.23. The van der Waals surface area contributed by atoms with Gasteiger partial charge in [0.15, 0.2) is 5.65 Å². The number of nitrogen functional groups attached to an aromatic ring is 1. The average molecular weight is 465 g/mol. The highest BCUT2D eigenvalue weighted by atomic mass is 16.5. The second-order valence-corrected chi connectivity index (χ2v) is 8.15. The summed E-state index contributed by atoms with van der Waals surface area (Å²) in [5.41, 5.74) is 11.8. The van der Waals surface area contributed by atoms with E-state index in [4.69, 9.17) is 20.4 Å². The molecule has 0 spiro atoms. The van der Waals surface area contributed by atoms with Crippen LogP contribution in [0.3, 0.4) is 0 Å². The number of benzene rings is 3. The second-order valence-electron chi connectivity index (χ2n) is 8.15. The van der Waals surface area contributed by atoms with Crippen molar-refractivity contribution >= 4 is 40.1 Å². The molecule has 0 atom stereocenters. The minimum absolute atomic E-state index is 0.173. The summed E-state index contributed by atoms with van der Waals surface area (Å²) in [6.07, 6.45) is 1.69. The first-order valence-corrected chi connectivity index (χ1v) is 11.1. The number of nitrogens with two attached hydrogens (primary N) is 1. The van der Waals surface area contributed by atoms with E-state index < -0.39 is 0 Å². The summed E-state index contributed by atoms with van der Waals surface area (Å²) in [6, 6.07) is 22.9. The fraction of sp³-hybridized carbons (Fsp3) is 0.111. The molecule has 0 fully saturated rings. The molecule has 0 radical (unpaired) electrons. The first-order valence-electron chi connectivity index (χ1n) is 11.1. The average Bonchev–Trinajstić information content (AvgIpc) is 3.15. The van der Waals surface area contributed by atoms with Gasteiger partial charge in [0.1, 0.15) is 22.6 Å². The number of amides is 1. The van der Waals surface area contributed by atoms with Crippen molar-refractivity contribution in [2.45, 2.75) is 13.5 Å². The number of methoxy groups -OCH3 is 1. The number of fused-ring (bicyclic) bond motifs is 2. The van der Waals surface area contributed by atoms with Crippen molar-refractivity contribution in [2.75, 3.05) is 12.8 Å². The van der Waals surface area contributed by atoms with Gasteiger partial charge in [0.25, 0.3) is 5.91 Å². The van der Waals surface area contributed by atoms with Crippen LogP contribution in [0, 0.1) is 6.92 Å². The lowest BCUT2D eigenvalue weighted by atomic mass is 10.2. The Bertz CT molecular complexity index is 1570. The highest BCUT2D eigenvalue weighted by Crippen LogP contribution is 2.28. The molecule has 0 saturated carbocycles. The zero-order valence-corrected chi connectivity index (χ0v) is 19.4. The summed E-state index contributed by atoms with van der Waals surface area (Å²) in [5.74, 6) is 0.574. The molecule has 8 nitrogen and oxygen atoms in total. The van der Waals surface area contributed by atoms with Crippen LogP contribution in [-0.2, 0) is 6.54 Å². The van der Waals surface area contributed by atoms with Crippen LogP contribution in [0.2, 0.25) is 0 Å². The van der Waals surface area contributed by atoms with Crippen LogP contribution in [0.15, 0.2) is 77.9 Å². The van der Waals surface area contributed by atoms with E-state index in [1.165, 1.54) is 4.68 Å². The molecule has 0 aliphatic carbocycles.